The summed E-state index contributed by atoms with van der Waals surface area (Å²) in [6.45, 7) is 7.91. The van der Waals surface area contributed by atoms with Gasteiger partial charge in [0, 0.05) is 28.2 Å². The molecule has 0 radical (unpaired) electrons. The molecule has 0 spiro atoms. The molecule has 6 heteroatoms. The summed E-state index contributed by atoms with van der Waals surface area (Å²) in [4.78, 5) is 14.3. The Morgan fingerprint density at radius 2 is 1.72 bits per heavy atom. The molecular weight excluding hydrogens is 452 g/mol. The lowest BCUT2D eigenvalue weighted by atomic mass is 10.1. The van der Waals surface area contributed by atoms with Crippen molar-refractivity contribution in [3.8, 4) is 11.5 Å². The molecule has 1 heterocycles. The van der Waals surface area contributed by atoms with Gasteiger partial charge in [-0.1, -0.05) is 44.9 Å². The van der Waals surface area contributed by atoms with Gasteiger partial charge >= 0.3 is 0 Å². The number of benzene rings is 2. The third kappa shape index (κ3) is 7.21. The first-order valence-electron chi connectivity index (χ1n) is 13.0. The minimum absolute atomic E-state index is 0.112. The number of hydrogen-bond acceptors (Lipinski definition) is 4. The third-order valence-corrected chi connectivity index (χ3v) is 6.60. The molecule has 0 unspecified atom stereocenters. The zero-order valence-corrected chi connectivity index (χ0v) is 22.1. The summed E-state index contributed by atoms with van der Waals surface area (Å²) < 4.78 is 12.7. The van der Waals surface area contributed by atoms with Crippen LogP contribution in [0.4, 0.5) is 0 Å². The number of aliphatic hydroxyl groups is 1. The average Bonchev–Trinajstić information content (AvgIpc) is 3.25. The number of nitrogens with one attached hydrogen (secondary N) is 1. The fraction of sp³-hybridized carbons (Fsp3) is 0.433. The fourth-order valence-corrected chi connectivity index (χ4v) is 4.62. The smallest absolute Gasteiger partial charge is 0.185 e. The molecule has 0 aliphatic heterocycles. The van der Waals surface area contributed by atoms with Crippen molar-refractivity contribution in [1.29, 1.82) is 0 Å². The first-order valence-corrected chi connectivity index (χ1v) is 13.0. The van der Waals surface area contributed by atoms with Crippen LogP contribution in [0.25, 0.3) is 17.0 Å². The van der Waals surface area contributed by atoms with Crippen LogP contribution in [0, 0.1) is 0 Å². The van der Waals surface area contributed by atoms with Crippen molar-refractivity contribution in [3.63, 3.8) is 0 Å². The predicted molar refractivity (Wildman–Crippen MR) is 146 cm³/mol. The van der Waals surface area contributed by atoms with Gasteiger partial charge in [0.15, 0.2) is 17.3 Å². The van der Waals surface area contributed by atoms with Crippen LogP contribution in [0.5, 0.6) is 11.5 Å². The van der Waals surface area contributed by atoms with Crippen molar-refractivity contribution in [2.24, 2.45) is 0 Å². The Morgan fingerprint density at radius 1 is 1.03 bits per heavy atom. The van der Waals surface area contributed by atoms with Gasteiger partial charge in [0.05, 0.1) is 33.9 Å². The van der Waals surface area contributed by atoms with E-state index in [1.54, 1.807) is 38.5 Å². The Bertz CT molecular complexity index is 1140. The number of rotatable bonds is 15. The topological polar surface area (TPSA) is 65.1 Å². The van der Waals surface area contributed by atoms with Gasteiger partial charge in [-0.25, -0.2) is 0 Å². The van der Waals surface area contributed by atoms with Gasteiger partial charge in [0.25, 0.3) is 0 Å². The van der Waals surface area contributed by atoms with Gasteiger partial charge in [-0.3, -0.25) is 4.79 Å². The summed E-state index contributed by atoms with van der Waals surface area (Å²) in [5.74, 6) is 1.000. The number of para-hydroxylation sites is 1. The fourth-order valence-electron chi connectivity index (χ4n) is 4.62. The van der Waals surface area contributed by atoms with Gasteiger partial charge in [0.2, 0.25) is 0 Å². The number of carbonyl (C=O) groups excluding carboxylic acids is 1. The van der Waals surface area contributed by atoms with E-state index in [-0.39, 0.29) is 5.78 Å². The van der Waals surface area contributed by atoms with E-state index in [0.717, 1.165) is 36.1 Å². The number of unbranched alkanes of at least 4 members (excludes halogenated alkanes) is 2. The standard InChI is InChI=1S/C30H40N2O4/c1-5-7-17-31(18-8-6-2)21-25(33)22-32-20-24(26-11-9-10-12-27(26)32)13-15-28(34)23-14-16-29(35-3)30(19-23)36-4/h9-16,19-20,25,33H,5-8,17-18,21-22H2,1-4H3/p+1/b15-13+/t25-/m0/s1. The lowest BCUT2D eigenvalue weighted by Crippen LogP contribution is -3.13. The zero-order chi connectivity index (χ0) is 25.9. The SMILES string of the molecule is CCCC[NH+](CCCC)C[C@H](O)Cn1cc(/C=C/C(=O)c2ccc(OC)c(OC)c2)c2ccccc21. The molecule has 2 N–H and O–H groups in total. The van der Waals surface area contributed by atoms with E-state index in [0.29, 0.717) is 23.6 Å². The molecule has 0 saturated carbocycles. The molecule has 194 valence electrons. The number of aromatic nitrogens is 1. The molecule has 0 fully saturated rings. The van der Waals surface area contributed by atoms with Crippen LogP contribution in [-0.2, 0) is 6.54 Å². The first kappa shape index (κ1) is 27.5. The van der Waals surface area contributed by atoms with E-state index in [2.05, 4.69) is 30.5 Å². The molecule has 36 heavy (non-hydrogen) atoms. The van der Waals surface area contributed by atoms with E-state index in [4.69, 9.17) is 9.47 Å². The summed E-state index contributed by atoms with van der Waals surface area (Å²) in [5, 5.41) is 12.0. The summed E-state index contributed by atoms with van der Waals surface area (Å²) >= 11 is 0. The second kappa shape index (κ2) is 13.9. The van der Waals surface area contributed by atoms with Crippen molar-refractivity contribution in [2.75, 3.05) is 33.9 Å². The van der Waals surface area contributed by atoms with Crippen LogP contribution >= 0.6 is 0 Å². The molecule has 1 aromatic heterocycles. The highest BCUT2D eigenvalue weighted by molar-refractivity contribution is 6.08. The summed E-state index contributed by atoms with van der Waals surface area (Å²) in [7, 11) is 3.13. The van der Waals surface area contributed by atoms with E-state index >= 15 is 0 Å². The number of ketones is 1. The van der Waals surface area contributed by atoms with Crippen molar-refractivity contribution in [1.82, 2.24) is 4.57 Å². The minimum atomic E-state index is -0.435. The van der Waals surface area contributed by atoms with E-state index in [9.17, 15) is 9.90 Å². The van der Waals surface area contributed by atoms with Crippen LogP contribution in [-0.4, -0.2) is 55.4 Å². The highest BCUT2D eigenvalue weighted by Gasteiger charge is 2.17. The first-order chi connectivity index (χ1) is 17.5. The Balaban J connectivity index is 1.77. The Morgan fingerprint density at radius 3 is 2.39 bits per heavy atom. The summed E-state index contributed by atoms with van der Waals surface area (Å²) in [6, 6.07) is 13.3. The number of methoxy groups -OCH3 is 2. The highest BCUT2D eigenvalue weighted by atomic mass is 16.5. The predicted octanol–water partition coefficient (Wildman–Crippen LogP) is 4.40. The number of quaternary nitrogens is 1. The van der Waals surface area contributed by atoms with Crippen molar-refractivity contribution in [2.45, 2.75) is 52.2 Å². The molecule has 1 atom stereocenters. The second-order valence-corrected chi connectivity index (χ2v) is 9.34. The minimum Gasteiger partial charge on any atom is -0.493 e. The lowest BCUT2D eigenvalue weighted by Gasteiger charge is -2.22. The van der Waals surface area contributed by atoms with E-state index in [1.165, 1.54) is 30.6 Å². The van der Waals surface area contributed by atoms with Crippen LogP contribution in [0.1, 0.15) is 55.5 Å². The maximum absolute atomic E-state index is 12.9. The maximum atomic E-state index is 12.9. The van der Waals surface area contributed by atoms with Crippen LogP contribution in [0.2, 0.25) is 0 Å². The number of carbonyl (C=O) groups is 1. The normalized spacial score (nSPS) is 12.5. The van der Waals surface area contributed by atoms with E-state index < -0.39 is 6.10 Å². The number of fused-ring (bicyclic) bond motifs is 1. The van der Waals surface area contributed by atoms with Crippen LogP contribution in [0.3, 0.4) is 0 Å². The third-order valence-electron chi connectivity index (χ3n) is 6.60. The highest BCUT2D eigenvalue weighted by Crippen LogP contribution is 2.28. The Kier molecular flexibility index (Phi) is 10.6. The monoisotopic (exact) mass is 493 g/mol. The summed E-state index contributed by atoms with van der Waals surface area (Å²) in [5.41, 5.74) is 2.54. The van der Waals surface area contributed by atoms with Crippen molar-refractivity contribution in [3.05, 3.63) is 65.9 Å². The van der Waals surface area contributed by atoms with Gasteiger partial charge in [-0.15, -0.1) is 0 Å². The lowest BCUT2D eigenvalue weighted by molar-refractivity contribution is -0.903. The average molecular weight is 494 g/mol. The van der Waals surface area contributed by atoms with E-state index in [1.807, 2.05) is 24.4 Å². The number of allylic oxidation sites excluding steroid dienone is 1. The van der Waals surface area contributed by atoms with Crippen LogP contribution in [0.15, 0.2) is 54.7 Å². The molecule has 0 aliphatic carbocycles. The van der Waals surface area contributed by atoms with Gasteiger partial charge in [-0.2, -0.15) is 0 Å². The number of aliphatic hydroxyl groups excluding tert-OH is 1. The molecule has 2 aromatic carbocycles. The largest absolute Gasteiger partial charge is 0.493 e. The van der Waals surface area contributed by atoms with Crippen molar-refractivity contribution < 1.29 is 24.3 Å². The molecule has 0 saturated heterocycles. The second-order valence-electron chi connectivity index (χ2n) is 9.34. The Labute approximate surface area is 215 Å². The molecule has 6 nitrogen and oxygen atoms in total. The maximum Gasteiger partial charge on any atom is 0.185 e. The van der Waals surface area contributed by atoms with Gasteiger partial charge in [0.1, 0.15) is 12.6 Å². The number of hydrogen-bond donors (Lipinski definition) is 2. The molecule has 0 amide bonds. The summed E-state index contributed by atoms with van der Waals surface area (Å²) in [6.07, 6.45) is 9.74. The molecule has 0 bridgehead atoms. The molecular formula is C30H41N2O4+. The molecule has 3 aromatic rings. The van der Waals surface area contributed by atoms with Crippen LogP contribution < -0.4 is 14.4 Å². The number of nitrogens with zero attached hydrogens (tertiary/aromatic N) is 1. The molecule has 3 rings (SSSR count). The molecule has 0 aliphatic rings. The Hall–Kier alpha value is -3.09. The zero-order valence-electron chi connectivity index (χ0n) is 22.1. The van der Waals surface area contributed by atoms with Gasteiger partial charge in [-0.05, 0) is 49.3 Å². The number of ether oxygens (including phenoxy) is 2. The van der Waals surface area contributed by atoms with Crippen molar-refractivity contribution >= 4 is 22.8 Å². The quantitative estimate of drug-likeness (QED) is 0.243. The van der Waals surface area contributed by atoms with Gasteiger partial charge < -0.3 is 24.0 Å².